The topological polar surface area (TPSA) is 26.0 Å². The van der Waals surface area contributed by atoms with E-state index in [9.17, 15) is 0 Å². The van der Waals surface area contributed by atoms with E-state index in [4.69, 9.17) is 17.3 Å². The fourth-order valence-corrected chi connectivity index (χ4v) is 3.18. The second-order valence-electron chi connectivity index (χ2n) is 5.36. The van der Waals surface area contributed by atoms with E-state index < -0.39 is 0 Å². The molecule has 1 aromatic rings. The van der Waals surface area contributed by atoms with Crippen molar-refractivity contribution in [3.8, 4) is 0 Å². The summed E-state index contributed by atoms with van der Waals surface area (Å²) in [6, 6.07) is 6.28. The lowest BCUT2D eigenvalue weighted by atomic mass is 9.95. The summed E-state index contributed by atoms with van der Waals surface area (Å²) in [6.45, 7) is 2.06. The van der Waals surface area contributed by atoms with E-state index in [0.717, 1.165) is 22.9 Å². The molecule has 0 spiro atoms. The van der Waals surface area contributed by atoms with Crippen LogP contribution < -0.4 is 5.73 Å². The lowest BCUT2D eigenvalue weighted by molar-refractivity contribution is 0.454. The third-order valence-corrected chi connectivity index (χ3v) is 4.24. The molecule has 1 unspecified atom stereocenters. The highest BCUT2D eigenvalue weighted by Gasteiger charge is 2.17. The summed E-state index contributed by atoms with van der Waals surface area (Å²) >= 11 is 6.24. The number of aryl methyl sites for hydroxylation is 1. The Morgan fingerprint density at radius 2 is 2.06 bits per heavy atom. The maximum Gasteiger partial charge on any atom is 0.0456 e. The van der Waals surface area contributed by atoms with Crippen molar-refractivity contribution >= 4 is 11.6 Å². The normalized spacial score (nSPS) is 18.5. The Labute approximate surface area is 109 Å². The second kappa shape index (κ2) is 5.88. The molecule has 0 aromatic heterocycles. The zero-order chi connectivity index (χ0) is 12.3. The average molecular weight is 252 g/mol. The van der Waals surface area contributed by atoms with Gasteiger partial charge in [0.25, 0.3) is 0 Å². The third kappa shape index (κ3) is 3.46. The van der Waals surface area contributed by atoms with Crippen LogP contribution in [0.3, 0.4) is 0 Å². The molecule has 0 heterocycles. The number of halogens is 1. The minimum Gasteiger partial charge on any atom is -0.324 e. The molecule has 0 bridgehead atoms. The van der Waals surface area contributed by atoms with Crippen LogP contribution >= 0.6 is 11.6 Å². The molecular formula is C15H22ClN. The van der Waals surface area contributed by atoms with Crippen molar-refractivity contribution in [3.05, 3.63) is 34.3 Å². The van der Waals surface area contributed by atoms with Crippen molar-refractivity contribution < 1.29 is 0 Å². The number of rotatable bonds is 4. The minimum atomic E-state index is 0.101. The van der Waals surface area contributed by atoms with Crippen LogP contribution in [0.2, 0.25) is 5.02 Å². The summed E-state index contributed by atoms with van der Waals surface area (Å²) in [5.74, 6) is 0.908. The molecule has 1 aliphatic carbocycles. The van der Waals surface area contributed by atoms with Gasteiger partial charge in [-0.3, -0.25) is 0 Å². The van der Waals surface area contributed by atoms with Gasteiger partial charge in [0.05, 0.1) is 0 Å². The zero-order valence-electron chi connectivity index (χ0n) is 10.6. The van der Waals surface area contributed by atoms with Crippen LogP contribution in [-0.4, -0.2) is 0 Å². The van der Waals surface area contributed by atoms with Gasteiger partial charge in [-0.05, 0) is 42.9 Å². The lowest BCUT2D eigenvalue weighted by Gasteiger charge is -2.16. The zero-order valence-corrected chi connectivity index (χ0v) is 11.3. The molecule has 1 atom stereocenters. The van der Waals surface area contributed by atoms with Crippen molar-refractivity contribution in [3.63, 3.8) is 0 Å². The van der Waals surface area contributed by atoms with Crippen LogP contribution in [0.4, 0.5) is 0 Å². The predicted molar refractivity (Wildman–Crippen MR) is 74.3 cm³/mol. The summed E-state index contributed by atoms with van der Waals surface area (Å²) in [4.78, 5) is 0. The SMILES string of the molecule is Cc1ccc(C(N)CCC2CCCC2)c(Cl)c1. The van der Waals surface area contributed by atoms with Crippen LogP contribution in [0.15, 0.2) is 18.2 Å². The van der Waals surface area contributed by atoms with Crippen LogP contribution in [-0.2, 0) is 0 Å². The molecule has 1 fully saturated rings. The second-order valence-corrected chi connectivity index (χ2v) is 5.77. The first-order valence-electron chi connectivity index (χ1n) is 6.68. The Kier molecular flexibility index (Phi) is 4.47. The molecule has 1 nitrogen and oxygen atoms in total. The van der Waals surface area contributed by atoms with Crippen LogP contribution in [0.5, 0.6) is 0 Å². The molecule has 0 radical (unpaired) electrons. The van der Waals surface area contributed by atoms with E-state index in [-0.39, 0.29) is 6.04 Å². The van der Waals surface area contributed by atoms with Gasteiger partial charge in [-0.15, -0.1) is 0 Å². The van der Waals surface area contributed by atoms with Gasteiger partial charge in [-0.2, -0.15) is 0 Å². The standard InChI is InChI=1S/C15H22ClN/c1-11-6-8-13(14(16)10-11)15(17)9-7-12-4-2-3-5-12/h6,8,10,12,15H,2-5,7,9,17H2,1H3. The van der Waals surface area contributed by atoms with Crippen LogP contribution in [0.1, 0.15) is 55.7 Å². The Morgan fingerprint density at radius 1 is 1.35 bits per heavy atom. The monoisotopic (exact) mass is 251 g/mol. The van der Waals surface area contributed by atoms with Crippen molar-refractivity contribution in [1.82, 2.24) is 0 Å². The van der Waals surface area contributed by atoms with Crippen molar-refractivity contribution in [2.24, 2.45) is 11.7 Å². The molecule has 2 rings (SSSR count). The van der Waals surface area contributed by atoms with Gasteiger partial charge < -0.3 is 5.73 Å². The molecule has 0 amide bonds. The molecule has 2 heteroatoms. The fourth-order valence-electron chi connectivity index (χ4n) is 2.80. The largest absolute Gasteiger partial charge is 0.324 e. The molecule has 94 valence electrons. The number of hydrogen-bond donors (Lipinski definition) is 1. The van der Waals surface area contributed by atoms with E-state index in [1.165, 1.54) is 37.7 Å². The lowest BCUT2D eigenvalue weighted by Crippen LogP contribution is -2.12. The van der Waals surface area contributed by atoms with Gasteiger partial charge in [0.2, 0.25) is 0 Å². The molecular weight excluding hydrogens is 230 g/mol. The molecule has 0 aliphatic heterocycles. The number of hydrogen-bond acceptors (Lipinski definition) is 1. The van der Waals surface area contributed by atoms with E-state index in [1.54, 1.807) is 0 Å². The summed E-state index contributed by atoms with van der Waals surface area (Å²) in [5, 5.41) is 0.823. The van der Waals surface area contributed by atoms with E-state index in [1.807, 2.05) is 6.07 Å². The Hall–Kier alpha value is -0.530. The van der Waals surface area contributed by atoms with Gasteiger partial charge in [0.15, 0.2) is 0 Å². The van der Waals surface area contributed by atoms with E-state index in [2.05, 4.69) is 19.1 Å². The number of nitrogens with two attached hydrogens (primary N) is 1. The first-order valence-corrected chi connectivity index (χ1v) is 7.06. The Balaban J connectivity index is 1.91. The first kappa shape index (κ1) is 12.9. The molecule has 2 N–H and O–H groups in total. The molecule has 17 heavy (non-hydrogen) atoms. The van der Waals surface area contributed by atoms with Crippen molar-refractivity contribution in [1.29, 1.82) is 0 Å². The Bertz CT molecular complexity index is 369. The average Bonchev–Trinajstić information content (AvgIpc) is 2.78. The fraction of sp³-hybridized carbons (Fsp3) is 0.600. The number of benzene rings is 1. The first-order chi connectivity index (χ1) is 8.16. The predicted octanol–water partition coefficient (Wildman–Crippen LogP) is 4.62. The van der Waals surface area contributed by atoms with Gasteiger partial charge in [0, 0.05) is 11.1 Å². The van der Waals surface area contributed by atoms with Crippen molar-refractivity contribution in [2.45, 2.75) is 51.5 Å². The van der Waals surface area contributed by atoms with E-state index >= 15 is 0 Å². The van der Waals surface area contributed by atoms with Gasteiger partial charge in [0.1, 0.15) is 0 Å². The highest BCUT2D eigenvalue weighted by molar-refractivity contribution is 6.31. The quantitative estimate of drug-likeness (QED) is 0.830. The molecule has 1 saturated carbocycles. The van der Waals surface area contributed by atoms with Gasteiger partial charge in [-0.25, -0.2) is 0 Å². The molecule has 1 aliphatic rings. The summed E-state index contributed by atoms with van der Waals surface area (Å²) in [6.07, 6.45) is 7.93. The maximum atomic E-state index is 6.24. The minimum absolute atomic E-state index is 0.101. The Morgan fingerprint density at radius 3 is 2.71 bits per heavy atom. The summed E-state index contributed by atoms with van der Waals surface area (Å²) in [7, 11) is 0. The summed E-state index contributed by atoms with van der Waals surface area (Å²) in [5.41, 5.74) is 8.54. The van der Waals surface area contributed by atoms with E-state index in [0.29, 0.717) is 0 Å². The van der Waals surface area contributed by atoms with Crippen molar-refractivity contribution in [2.75, 3.05) is 0 Å². The third-order valence-electron chi connectivity index (χ3n) is 3.92. The smallest absolute Gasteiger partial charge is 0.0456 e. The van der Waals surface area contributed by atoms with Crippen LogP contribution in [0.25, 0.3) is 0 Å². The van der Waals surface area contributed by atoms with Crippen LogP contribution in [0, 0.1) is 12.8 Å². The van der Waals surface area contributed by atoms with Gasteiger partial charge in [-0.1, -0.05) is 49.4 Å². The maximum absolute atomic E-state index is 6.24. The molecule has 1 aromatic carbocycles. The van der Waals surface area contributed by atoms with Gasteiger partial charge >= 0.3 is 0 Å². The summed E-state index contributed by atoms with van der Waals surface area (Å²) < 4.78 is 0. The highest BCUT2D eigenvalue weighted by atomic mass is 35.5. The highest BCUT2D eigenvalue weighted by Crippen LogP contribution is 2.32. The molecule has 0 saturated heterocycles.